The number of fused-ring (bicyclic) bond motifs is 1. The molecule has 0 spiro atoms. The average Bonchev–Trinajstić information content (AvgIpc) is 3.50. The number of aromatic hydroxyl groups is 1. The van der Waals surface area contributed by atoms with E-state index in [-0.39, 0.29) is 5.75 Å². The van der Waals surface area contributed by atoms with E-state index in [1.54, 1.807) is 13.2 Å². The van der Waals surface area contributed by atoms with Gasteiger partial charge in [-0.15, -0.1) is 0 Å². The van der Waals surface area contributed by atoms with E-state index in [2.05, 4.69) is 27.5 Å². The van der Waals surface area contributed by atoms with Crippen LogP contribution in [0.1, 0.15) is 30.9 Å². The zero-order valence-electron chi connectivity index (χ0n) is 18.0. The summed E-state index contributed by atoms with van der Waals surface area (Å²) in [5.41, 5.74) is 3.37. The largest absolute Gasteiger partial charge is 0.504 e. The van der Waals surface area contributed by atoms with E-state index >= 15 is 0 Å². The number of ether oxygens (including phenoxy) is 2. The second-order valence-electron chi connectivity index (χ2n) is 7.86. The molecular formula is C24H29N3O3S. The third kappa shape index (κ3) is 5.22. The summed E-state index contributed by atoms with van der Waals surface area (Å²) in [6, 6.07) is 12.1. The van der Waals surface area contributed by atoms with Crippen molar-refractivity contribution in [2.24, 2.45) is 0 Å². The minimum atomic E-state index is 0.156. The molecule has 3 aromatic rings. The van der Waals surface area contributed by atoms with E-state index in [0.717, 1.165) is 34.9 Å². The minimum Gasteiger partial charge on any atom is -0.504 e. The predicted molar refractivity (Wildman–Crippen MR) is 127 cm³/mol. The molecule has 0 saturated heterocycles. The molecule has 1 saturated carbocycles. The molecular weight excluding hydrogens is 410 g/mol. The molecule has 4 rings (SSSR count). The molecule has 0 unspecified atom stereocenters. The summed E-state index contributed by atoms with van der Waals surface area (Å²) in [6.45, 7) is 3.83. The predicted octanol–water partition coefficient (Wildman–Crippen LogP) is 4.36. The molecule has 6 nitrogen and oxygen atoms in total. The zero-order chi connectivity index (χ0) is 21.8. The number of benzene rings is 2. The Labute approximate surface area is 188 Å². The lowest BCUT2D eigenvalue weighted by atomic mass is 10.1. The highest BCUT2D eigenvalue weighted by molar-refractivity contribution is 7.80. The van der Waals surface area contributed by atoms with Crippen molar-refractivity contribution >= 4 is 28.2 Å². The fourth-order valence-electron chi connectivity index (χ4n) is 3.64. The maximum Gasteiger partial charge on any atom is 0.169 e. The van der Waals surface area contributed by atoms with Crippen molar-refractivity contribution in [3.05, 3.63) is 53.7 Å². The molecule has 1 heterocycles. The van der Waals surface area contributed by atoms with Gasteiger partial charge in [-0.3, -0.25) is 0 Å². The third-order valence-electron chi connectivity index (χ3n) is 5.52. The van der Waals surface area contributed by atoms with Crippen LogP contribution >= 0.6 is 12.2 Å². The van der Waals surface area contributed by atoms with Crippen LogP contribution in [0.25, 0.3) is 10.9 Å². The summed E-state index contributed by atoms with van der Waals surface area (Å²) < 4.78 is 10.9. The van der Waals surface area contributed by atoms with Gasteiger partial charge in [-0.25, -0.2) is 0 Å². The van der Waals surface area contributed by atoms with Crippen LogP contribution in [-0.2, 0) is 13.0 Å². The molecule has 0 bridgehead atoms. The molecule has 0 aliphatic heterocycles. The highest BCUT2D eigenvalue weighted by Gasteiger charge is 2.24. The number of H-pyrrole nitrogens is 1. The Morgan fingerprint density at radius 1 is 1.26 bits per heavy atom. The van der Waals surface area contributed by atoms with Gasteiger partial charge in [0.05, 0.1) is 13.7 Å². The van der Waals surface area contributed by atoms with Crippen molar-refractivity contribution in [3.8, 4) is 17.2 Å². The van der Waals surface area contributed by atoms with Crippen LogP contribution in [0.2, 0.25) is 0 Å². The van der Waals surface area contributed by atoms with Crippen molar-refractivity contribution in [1.82, 2.24) is 15.2 Å². The number of thiocarbonyl (C=S) groups is 1. The Balaban J connectivity index is 1.51. The van der Waals surface area contributed by atoms with E-state index in [9.17, 15) is 5.11 Å². The van der Waals surface area contributed by atoms with Crippen molar-refractivity contribution in [3.63, 3.8) is 0 Å². The topological polar surface area (TPSA) is 69.8 Å². The Hall–Kier alpha value is -2.93. The molecule has 2 aromatic carbocycles. The molecule has 1 aliphatic carbocycles. The summed E-state index contributed by atoms with van der Waals surface area (Å²) in [4.78, 5) is 5.53. The second kappa shape index (κ2) is 9.47. The number of nitrogens with zero attached hydrogens (tertiary/aromatic N) is 1. The first-order valence-electron chi connectivity index (χ1n) is 10.7. The van der Waals surface area contributed by atoms with Crippen molar-refractivity contribution in [1.29, 1.82) is 0 Å². The third-order valence-corrected chi connectivity index (χ3v) is 5.89. The smallest absolute Gasteiger partial charge is 0.169 e. The van der Waals surface area contributed by atoms with Crippen molar-refractivity contribution < 1.29 is 14.6 Å². The maximum absolute atomic E-state index is 10.0. The van der Waals surface area contributed by atoms with Gasteiger partial charge in [0.15, 0.2) is 16.6 Å². The van der Waals surface area contributed by atoms with Crippen LogP contribution in [0.4, 0.5) is 0 Å². The van der Waals surface area contributed by atoms with Gasteiger partial charge >= 0.3 is 0 Å². The Kier molecular flexibility index (Phi) is 6.51. The van der Waals surface area contributed by atoms with Crippen LogP contribution in [0.5, 0.6) is 17.2 Å². The quantitative estimate of drug-likeness (QED) is 0.431. The SMILES string of the molecule is CCOc1cc(CN(CCc2c[nH]c3ccc(OC)cc23)C(=S)NC2CC2)ccc1O. The van der Waals surface area contributed by atoms with Gasteiger partial charge in [0.2, 0.25) is 0 Å². The van der Waals surface area contributed by atoms with Crippen molar-refractivity contribution in [2.75, 3.05) is 20.3 Å². The maximum atomic E-state index is 10.0. The minimum absolute atomic E-state index is 0.156. The zero-order valence-corrected chi connectivity index (χ0v) is 18.8. The Morgan fingerprint density at radius 2 is 2.10 bits per heavy atom. The highest BCUT2D eigenvalue weighted by atomic mass is 32.1. The van der Waals surface area contributed by atoms with Gasteiger partial charge in [-0.05, 0) is 79.9 Å². The molecule has 1 fully saturated rings. The van der Waals surface area contributed by atoms with Gasteiger partial charge in [-0.2, -0.15) is 0 Å². The Morgan fingerprint density at radius 3 is 2.84 bits per heavy atom. The van der Waals surface area contributed by atoms with Crippen LogP contribution in [0.3, 0.4) is 0 Å². The molecule has 3 N–H and O–H groups in total. The summed E-state index contributed by atoms with van der Waals surface area (Å²) in [5.74, 6) is 1.51. The van der Waals surface area contributed by atoms with Gasteiger partial charge < -0.3 is 29.8 Å². The van der Waals surface area contributed by atoms with Gasteiger partial charge in [0.1, 0.15) is 5.75 Å². The average molecular weight is 440 g/mol. The number of aromatic amines is 1. The lowest BCUT2D eigenvalue weighted by molar-refractivity contribution is 0.317. The first-order chi connectivity index (χ1) is 15.1. The molecule has 0 atom stereocenters. The normalized spacial score (nSPS) is 13.2. The number of hydrogen-bond acceptors (Lipinski definition) is 4. The summed E-state index contributed by atoms with van der Waals surface area (Å²) in [7, 11) is 1.69. The van der Waals surface area contributed by atoms with Crippen LogP contribution < -0.4 is 14.8 Å². The van der Waals surface area contributed by atoms with E-state index < -0.39 is 0 Å². The molecule has 164 valence electrons. The fourth-order valence-corrected chi connectivity index (χ4v) is 3.96. The number of nitrogens with one attached hydrogen (secondary N) is 2. The van der Waals surface area contributed by atoms with E-state index in [1.165, 1.54) is 23.8 Å². The lowest BCUT2D eigenvalue weighted by Gasteiger charge is -2.26. The van der Waals surface area contributed by atoms with Crippen LogP contribution in [0, 0.1) is 0 Å². The Bertz CT molecular complexity index is 1060. The molecule has 1 aliphatic rings. The molecule has 7 heteroatoms. The van der Waals surface area contributed by atoms with E-state index in [0.29, 0.717) is 24.9 Å². The highest BCUT2D eigenvalue weighted by Crippen LogP contribution is 2.28. The molecule has 1 aromatic heterocycles. The number of aromatic nitrogens is 1. The van der Waals surface area contributed by atoms with Gasteiger partial charge in [-0.1, -0.05) is 6.07 Å². The van der Waals surface area contributed by atoms with Crippen LogP contribution in [0.15, 0.2) is 42.6 Å². The van der Waals surface area contributed by atoms with E-state index in [1.807, 2.05) is 31.2 Å². The number of phenolic OH excluding ortho intramolecular Hbond substituents is 1. The molecule has 31 heavy (non-hydrogen) atoms. The monoisotopic (exact) mass is 439 g/mol. The lowest BCUT2D eigenvalue weighted by Crippen LogP contribution is -2.41. The van der Waals surface area contributed by atoms with Gasteiger partial charge in [0, 0.05) is 36.2 Å². The first kappa shape index (κ1) is 21.3. The first-order valence-corrected chi connectivity index (χ1v) is 11.1. The number of rotatable bonds is 9. The standard InChI is InChI=1S/C24H29N3O3S/c1-3-30-23-12-16(4-9-22(23)28)15-27(24(31)26-18-5-6-18)11-10-17-14-25-21-8-7-19(29-2)13-20(17)21/h4,7-9,12-14,18,25,28H,3,5-6,10-11,15H2,1-2H3,(H,26,31). The van der Waals surface area contributed by atoms with Crippen molar-refractivity contribution in [2.45, 2.75) is 38.8 Å². The fraction of sp³-hybridized carbons (Fsp3) is 0.375. The summed E-state index contributed by atoms with van der Waals surface area (Å²) >= 11 is 5.74. The number of methoxy groups -OCH3 is 1. The summed E-state index contributed by atoms with van der Waals surface area (Å²) in [6.07, 6.45) is 5.25. The van der Waals surface area contributed by atoms with Gasteiger partial charge in [0.25, 0.3) is 0 Å². The number of phenols is 1. The second-order valence-corrected chi connectivity index (χ2v) is 8.24. The number of hydrogen-bond donors (Lipinski definition) is 3. The molecule has 0 radical (unpaired) electrons. The summed E-state index contributed by atoms with van der Waals surface area (Å²) in [5, 5.41) is 15.4. The van der Waals surface area contributed by atoms with E-state index in [4.69, 9.17) is 21.7 Å². The molecule has 0 amide bonds. The van der Waals surface area contributed by atoms with Crippen LogP contribution in [-0.4, -0.2) is 46.4 Å².